The molecular formula is C17H20BrNO. The van der Waals surface area contributed by atoms with Gasteiger partial charge in [-0.05, 0) is 57.9 Å². The lowest BCUT2D eigenvalue weighted by Gasteiger charge is -2.20. The first kappa shape index (κ1) is 15.0. The number of pyridine rings is 1. The monoisotopic (exact) mass is 333 g/mol. The van der Waals surface area contributed by atoms with Gasteiger partial charge in [0.1, 0.15) is 5.75 Å². The summed E-state index contributed by atoms with van der Waals surface area (Å²) in [5.74, 6) is 1.48. The molecule has 0 bridgehead atoms. The van der Waals surface area contributed by atoms with Gasteiger partial charge in [-0.2, -0.15) is 0 Å². The largest absolute Gasteiger partial charge is 0.439 e. The summed E-state index contributed by atoms with van der Waals surface area (Å²) in [5, 5.41) is 0. The van der Waals surface area contributed by atoms with Crippen LogP contribution in [-0.2, 0) is 5.41 Å². The van der Waals surface area contributed by atoms with E-state index in [1.807, 2.05) is 19.1 Å². The fraction of sp³-hybridized carbons (Fsp3) is 0.353. The van der Waals surface area contributed by atoms with Crippen molar-refractivity contribution in [2.24, 2.45) is 0 Å². The van der Waals surface area contributed by atoms with Gasteiger partial charge in [0.2, 0.25) is 5.88 Å². The molecule has 0 amide bonds. The number of hydrogen-bond acceptors (Lipinski definition) is 2. The van der Waals surface area contributed by atoms with E-state index < -0.39 is 0 Å². The lowest BCUT2D eigenvalue weighted by Crippen LogP contribution is -2.11. The predicted octanol–water partition coefficient (Wildman–Crippen LogP) is 5.55. The molecule has 2 nitrogen and oxygen atoms in total. The summed E-state index contributed by atoms with van der Waals surface area (Å²) >= 11 is 3.44. The molecule has 2 rings (SSSR count). The number of nitrogens with zero attached hydrogens (tertiary/aromatic N) is 1. The van der Waals surface area contributed by atoms with Gasteiger partial charge < -0.3 is 4.74 Å². The normalized spacial score (nSPS) is 11.5. The number of benzene rings is 1. The second-order valence-corrected chi connectivity index (χ2v) is 6.96. The smallest absolute Gasteiger partial charge is 0.219 e. The SMILES string of the molecule is Cc1cc(Oc2ccc(C(C)(C)C)cc2C)ncc1Br. The second-order valence-electron chi connectivity index (χ2n) is 6.10. The second kappa shape index (κ2) is 5.57. The van der Waals surface area contributed by atoms with Gasteiger partial charge in [0.05, 0.1) is 0 Å². The minimum absolute atomic E-state index is 0.149. The van der Waals surface area contributed by atoms with Gasteiger partial charge in [0, 0.05) is 16.7 Å². The van der Waals surface area contributed by atoms with Crippen molar-refractivity contribution in [3.05, 3.63) is 51.6 Å². The molecule has 0 spiro atoms. The zero-order valence-electron chi connectivity index (χ0n) is 12.6. The fourth-order valence-electron chi connectivity index (χ4n) is 1.91. The average molecular weight is 334 g/mol. The lowest BCUT2D eigenvalue weighted by atomic mass is 9.86. The Morgan fingerprint density at radius 3 is 2.30 bits per heavy atom. The molecule has 0 aliphatic rings. The van der Waals surface area contributed by atoms with Crippen molar-refractivity contribution >= 4 is 15.9 Å². The Kier molecular flexibility index (Phi) is 4.19. The third kappa shape index (κ3) is 3.40. The average Bonchev–Trinajstić information content (AvgIpc) is 2.35. The Bertz CT molecular complexity index is 629. The lowest BCUT2D eigenvalue weighted by molar-refractivity contribution is 0.457. The molecule has 0 saturated carbocycles. The highest BCUT2D eigenvalue weighted by Crippen LogP contribution is 2.30. The van der Waals surface area contributed by atoms with E-state index in [1.165, 1.54) is 5.56 Å². The van der Waals surface area contributed by atoms with Crippen LogP contribution in [-0.4, -0.2) is 4.98 Å². The fourth-order valence-corrected chi connectivity index (χ4v) is 2.13. The minimum Gasteiger partial charge on any atom is -0.439 e. The number of rotatable bonds is 2. The van der Waals surface area contributed by atoms with Gasteiger partial charge in [-0.1, -0.05) is 32.9 Å². The topological polar surface area (TPSA) is 22.1 Å². The van der Waals surface area contributed by atoms with Crippen LogP contribution in [0.5, 0.6) is 11.6 Å². The molecule has 106 valence electrons. The highest BCUT2D eigenvalue weighted by Gasteiger charge is 2.15. The molecule has 0 aliphatic heterocycles. The van der Waals surface area contributed by atoms with Crippen LogP contribution in [0.4, 0.5) is 0 Å². The van der Waals surface area contributed by atoms with Crippen molar-refractivity contribution in [3.63, 3.8) is 0 Å². The molecule has 1 aromatic heterocycles. The summed E-state index contributed by atoms with van der Waals surface area (Å²) in [6.07, 6.45) is 1.77. The van der Waals surface area contributed by atoms with Crippen molar-refractivity contribution in [3.8, 4) is 11.6 Å². The molecular weight excluding hydrogens is 314 g/mol. The van der Waals surface area contributed by atoms with Crippen molar-refractivity contribution in [1.82, 2.24) is 4.98 Å². The summed E-state index contributed by atoms with van der Waals surface area (Å²) < 4.78 is 6.87. The Hall–Kier alpha value is -1.35. The van der Waals surface area contributed by atoms with E-state index in [0.717, 1.165) is 21.3 Å². The highest BCUT2D eigenvalue weighted by atomic mass is 79.9. The van der Waals surface area contributed by atoms with Crippen LogP contribution < -0.4 is 4.74 Å². The molecule has 0 unspecified atom stereocenters. The number of hydrogen-bond donors (Lipinski definition) is 0. The van der Waals surface area contributed by atoms with E-state index in [-0.39, 0.29) is 5.41 Å². The number of ether oxygens (including phenoxy) is 1. The van der Waals surface area contributed by atoms with Crippen LogP contribution in [0.25, 0.3) is 0 Å². The summed E-state index contributed by atoms with van der Waals surface area (Å²) in [6.45, 7) is 10.7. The Morgan fingerprint density at radius 2 is 1.75 bits per heavy atom. The zero-order chi connectivity index (χ0) is 14.9. The van der Waals surface area contributed by atoms with Crippen molar-refractivity contribution in [2.45, 2.75) is 40.0 Å². The van der Waals surface area contributed by atoms with E-state index in [0.29, 0.717) is 5.88 Å². The molecule has 0 radical (unpaired) electrons. The number of halogens is 1. The maximum Gasteiger partial charge on any atom is 0.219 e. The minimum atomic E-state index is 0.149. The number of aryl methyl sites for hydroxylation is 2. The molecule has 0 N–H and O–H groups in total. The molecule has 0 saturated heterocycles. The molecule has 0 atom stereocenters. The Morgan fingerprint density at radius 1 is 1.05 bits per heavy atom. The van der Waals surface area contributed by atoms with Gasteiger partial charge in [0.25, 0.3) is 0 Å². The third-order valence-electron chi connectivity index (χ3n) is 3.28. The summed E-state index contributed by atoms with van der Waals surface area (Å²) in [6, 6.07) is 8.26. The van der Waals surface area contributed by atoms with Crippen molar-refractivity contribution < 1.29 is 4.74 Å². The van der Waals surface area contributed by atoms with Crippen LogP contribution in [0.3, 0.4) is 0 Å². The van der Waals surface area contributed by atoms with E-state index in [2.05, 4.69) is 60.7 Å². The highest BCUT2D eigenvalue weighted by molar-refractivity contribution is 9.10. The van der Waals surface area contributed by atoms with Gasteiger partial charge >= 0.3 is 0 Å². The standard InChI is InChI=1S/C17H20BrNO/c1-11-9-16(19-10-14(11)18)20-15-7-6-13(8-12(15)2)17(3,4)5/h6-10H,1-5H3. The van der Waals surface area contributed by atoms with Crippen LogP contribution in [0.1, 0.15) is 37.5 Å². The number of aromatic nitrogens is 1. The van der Waals surface area contributed by atoms with E-state index in [9.17, 15) is 0 Å². The summed E-state index contributed by atoms with van der Waals surface area (Å²) in [4.78, 5) is 4.28. The van der Waals surface area contributed by atoms with Gasteiger partial charge in [-0.25, -0.2) is 4.98 Å². The van der Waals surface area contributed by atoms with Crippen LogP contribution in [0.15, 0.2) is 34.9 Å². The van der Waals surface area contributed by atoms with E-state index >= 15 is 0 Å². The maximum absolute atomic E-state index is 5.88. The zero-order valence-corrected chi connectivity index (χ0v) is 14.2. The van der Waals surface area contributed by atoms with Crippen LogP contribution in [0, 0.1) is 13.8 Å². The predicted molar refractivity (Wildman–Crippen MR) is 86.6 cm³/mol. The van der Waals surface area contributed by atoms with Crippen LogP contribution >= 0.6 is 15.9 Å². The van der Waals surface area contributed by atoms with Gasteiger partial charge in [-0.3, -0.25) is 0 Å². The molecule has 2 aromatic rings. The Balaban J connectivity index is 2.28. The van der Waals surface area contributed by atoms with Gasteiger partial charge in [-0.15, -0.1) is 0 Å². The molecule has 1 heterocycles. The first-order valence-corrected chi connectivity index (χ1v) is 7.48. The van der Waals surface area contributed by atoms with Gasteiger partial charge in [0.15, 0.2) is 0 Å². The molecule has 20 heavy (non-hydrogen) atoms. The molecule has 3 heteroatoms. The van der Waals surface area contributed by atoms with E-state index in [4.69, 9.17) is 4.74 Å². The molecule has 0 fully saturated rings. The first-order chi connectivity index (χ1) is 9.27. The quantitative estimate of drug-likeness (QED) is 0.718. The van der Waals surface area contributed by atoms with Crippen molar-refractivity contribution in [2.75, 3.05) is 0 Å². The van der Waals surface area contributed by atoms with Crippen molar-refractivity contribution in [1.29, 1.82) is 0 Å². The molecule has 1 aromatic carbocycles. The summed E-state index contributed by atoms with van der Waals surface area (Å²) in [5.41, 5.74) is 3.69. The Labute approximate surface area is 129 Å². The third-order valence-corrected chi connectivity index (χ3v) is 4.11. The first-order valence-electron chi connectivity index (χ1n) is 6.68. The van der Waals surface area contributed by atoms with Crippen LogP contribution in [0.2, 0.25) is 0 Å². The molecule has 0 aliphatic carbocycles. The van der Waals surface area contributed by atoms with E-state index in [1.54, 1.807) is 6.20 Å². The summed E-state index contributed by atoms with van der Waals surface area (Å²) in [7, 11) is 0. The maximum atomic E-state index is 5.88.